The van der Waals surface area contributed by atoms with Crippen LogP contribution in [0.3, 0.4) is 0 Å². The van der Waals surface area contributed by atoms with Gasteiger partial charge in [-0.1, -0.05) is 49.0 Å². The van der Waals surface area contributed by atoms with Crippen LogP contribution in [0.1, 0.15) is 44.2 Å². The van der Waals surface area contributed by atoms with E-state index in [0.717, 1.165) is 12.8 Å². The standard InChI is InChI=1S/C18H25Cl2N3O4/c1-2-3-4-12(10-23(27)11-24)18(26)22-9-14(25)8-17(21)15-6-5-13(19)7-16(15)20/h5-7,11-12,17,27H,2-4,8-10,21H2,1H3,(H,22,26). The summed E-state index contributed by atoms with van der Waals surface area (Å²) in [4.78, 5) is 35.0. The van der Waals surface area contributed by atoms with Crippen LogP contribution in [0.2, 0.25) is 10.0 Å². The van der Waals surface area contributed by atoms with Gasteiger partial charge in [-0.15, -0.1) is 0 Å². The maximum Gasteiger partial charge on any atom is 0.233 e. The Bertz CT molecular complexity index is 657. The molecule has 0 bridgehead atoms. The Balaban J connectivity index is 2.57. The number of halogens is 2. The lowest BCUT2D eigenvalue weighted by Gasteiger charge is -2.19. The minimum atomic E-state index is -0.613. The number of nitrogens with zero attached hydrogens (tertiary/aromatic N) is 1. The van der Waals surface area contributed by atoms with E-state index < -0.39 is 17.9 Å². The second kappa shape index (κ2) is 11.9. The topological polar surface area (TPSA) is 113 Å². The molecule has 0 saturated heterocycles. The van der Waals surface area contributed by atoms with Gasteiger partial charge in [-0.25, -0.2) is 5.06 Å². The SMILES string of the molecule is CCCCC(CN(O)C=O)C(=O)NCC(=O)CC(N)c1ccc(Cl)cc1Cl. The predicted molar refractivity (Wildman–Crippen MR) is 104 cm³/mol. The van der Waals surface area contributed by atoms with Gasteiger partial charge in [0.25, 0.3) is 0 Å². The molecular weight excluding hydrogens is 393 g/mol. The maximum atomic E-state index is 12.3. The van der Waals surface area contributed by atoms with E-state index >= 15 is 0 Å². The molecule has 0 aliphatic carbocycles. The lowest BCUT2D eigenvalue weighted by Crippen LogP contribution is -2.40. The fourth-order valence-electron chi connectivity index (χ4n) is 2.58. The molecule has 7 nitrogen and oxygen atoms in total. The van der Waals surface area contributed by atoms with Crippen molar-refractivity contribution in [3.63, 3.8) is 0 Å². The minimum Gasteiger partial charge on any atom is -0.349 e. The molecule has 0 aliphatic rings. The summed E-state index contributed by atoms with van der Waals surface area (Å²) in [5.41, 5.74) is 6.62. The van der Waals surface area contributed by atoms with Gasteiger partial charge in [0.05, 0.1) is 19.0 Å². The predicted octanol–water partition coefficient (Wildman–Crippen LogP) is 2.72. The van der Waals surface area contributed by atoms with Gasteiger partial charge in [0, 0.05) is 22.5 Å². The van der Waals surface area contributed by atoms with Gasteiger partial charge in [0.15, 0.2) is 5.78 Å². The van der Waals surface area contributed by atoms with Crippen LogP contribution < -0.4 is 11.1 Å². The van der Waals surface area contributed by atoms with Crippen molar-refractivity contribution in [2.75, 3.05) is 13.1 Å². The molecule has 4 N–H and O–H groups in total. The molecule has 0 radical (unpaired) electrons. The smallest absolute Gasteiger partial charge is 0.233 e. The van der Waals surface area contributed by atoms with Crippen LogP contribution in [-0.4, -0.2) is 41.5 Å². The highest BCUT2D eigenvalue weighted by atomic mass is 35.5. The van der Waals surface area contributed by atoms with Crippen LogP contribution in [0, 0.1) is 5.92 Å². The van der Waals surface area contributed by atoms with Gasteiger partial charge in [-0.3, -0.25) is 19.6 Å². The second-order valence-corrected chi connectivity index (χ2v) is 7.14. The summed E-state index contributed by atoms with van der Waals surface area (Å²) in [6.07, 6.45) is 2.37. The van der Waals surface area contributed by atoms with Crippen molar-refractivity contribution < 1.29 is 19.6 Å². The molecule has 27 heavy (non-hydrogen) atoms. The minimum absolute atomic E-state index is 0.00171. The van der Waals surface area contributed by atoms with Gasteiger partial charge < -0.3 is 11.1 Å². The Morgan fingerprint density at radius 1 is 1.37 bits per heavy atom. The molecule has 2 amide bonds. The Labute approximate surface area is 168 Å². The zero-order valence-corrected chi connectivity index (χ0v) is 16.7. The number of nitrogens with one attached hydrogen (secondary N) is 1. The van der Waals surface area contributed by atoms with Crippen molar-refractivity contribution in [2.45, 2.75) is 38.6 Å². The van der Waals surface area contributed by atoms with Crippen molar-refractivity contribution in [1.82, 2.24) is 10.4 Å². The summed E-state index contributed by atoms with van der Waals surface area (Å²) < 4.78 is 0. The number of nitrogens with two attached hydrogens (primary N) is 1. The summed E-state index contributed by atoms with van der Waals surface area (Å²) in [7, 11) is 0. The maximum absolute atomic E-state index is 12.3. The summed E-state index contributed by atoms with van der Waals surface area (Å²) in [5.74, 6) is -1.24. The zero-order valence-electron chi connectivity index (χ0n) is 15.2. The molecule has 0 heterocycles. The van der Waals surface area contributed by atoms with Crippen LogP contribution in [0.15, 0.2) is 18.2 Å². The van der Waals surface area contributed by atoms with Gasteiger partial charge >= 0.3 is 0 Å². The van der Waals surface area contributed by atoms with Crippen LogP contribution in [0.4, 0.5) is 0 Å². The number of hydroxylamine groups is 2. The number of hydrogen-bond acceptors (Lipinski definition) is 5. The Morgan fingerprint density at radius 2 is 2.07 bits per heavy atom. The largest absolute Gasteiger partial charge is 0.349 e. The monoisotopic (exact) mass is 417 g/mol. The molecule has 1 rings (SSSR count). The highest BCUT2D eigenvalue weighted by Crippen LogP contribution is 2.26. The Hall–Kier alpha value is -1.67. The first kappa shape index (κ1) is 23.4. The number of rotatable bonds is 12. The normalized spacial score (nSPS) is 12.9. The van der Waals surface area contributed by atoms with Crippen molar-refractivity contribution in [3.8, 4) is 0 Å². The van der Waals surface area contributed by atoms with Crippen molar-refractivity contribution in [2.24, 2.45) is 11.7 Å². The van der Waals surface area contributed by atoms with Crippen molar-refractivity contribution >= 4 is 41.3 Å². The number of amides is 2. The number of unbranched alkanes of at least 4 members (excludes halogenated alkanes) is 1. The van der Waals surface area contributed by atoms with E-state index in [1.807, 2.05) is 6.92 Å². The molecule has 9 heteroatoms. The van der Waals surface area contributed by atoms with Crippen LogP contribution >= 0.6 is 23.2 Å². The van der Waals surface area contributed by atoms with Crippen LogP contribution in [-0.2, 0) is 14.4 Å². The third-order valence-electron chi connectivity index (χ3n) is 4.08. The van der Waals surface area contributed by atoms with Crippen LogP contribution in [0.25, 0.3) is 0 Å². The van der Waals surface area contributed by atoms with E-state index in [1.54, 1.807) is 18.2 Å². The number of benzene rings is 1. The summed E-state index contributed by atoms with van der Waals surface area (Å²) >= 11 is 11.9. The summed E-state index contributed by atoms with van der Waals surface area (Å²) in [6.45, 7) is 1.66. The first-order chi connectivity index (χ1) is 12.8. The molecule has 0 aliphatic heterocycles. The van der Waals surface area contributed by atoms with Gasteiger partial charge in [-0.05, 0) is 24.1 Å². The zero-order chi connectivity index (χ0) is 20.4. The quantitative estimate of drug-likeness (QED) is 0.275. The van der Waals surface area contributed by atoms with E-state index in [0.29, 0.717) is 27.1 Å². The molecule has 2 atom stereocenters. The molecule has 2 unspecified atom stereocenters. The Morgan fingerprint density at radius 3 is 2.67 bits per heavy atom. The number of carbonyl (C=O) groups excluding carboxylic acids is 3. The highest BCUT2D eigenvalue weighted by Gasteiger charge is 2.22. The number of carbonyl (C=O) groups is 3. The molecule has 0 saturated carbocycles. The molecule has 1 aromatic rings. The number of hydrogen-bond donors (Lipinski definition) is 3. The lowest BCUT2D eigenvalue weighted by molar-refractivity contribution is -0.154. The molecule has 1 aromatic carbocycles. The summed E-state index contributed by atoms with van der Waals surface area (Å²) in [5, 5.41) is 13.2. The van der Waals surface area contributed by atoms with E-state index in [2.05, 4.69) is 5.32 Å². The molecule has 150 valence electrons. The van der Waals surface area contributed by atoms with Gasteiger partial charge in [0.2, 0.25) is 12.3 Å². The lowest BCUT2D eigenvalue weighted by atomic mass is 10.00. The van der Waals surface area contributed by atoms with E-state index in [-0.39, 0.29) is 31.7 Å². The van der Waals surface area contributed by atoms with E-state index in [4.69, 9.17) is 28.9 Å². The van der Waals surface area contributed by atoms with Gasteiger partial charge in [0.1, 0.15) is 0 Å². The van der Waals surface area contributed by atoms with Crippen molar-refractivity contribution in [1.29, 1.82) is 0 Å². The average Bonchev–Trinajstić information content (AvgIpc) is 2.62. The molecule has 0 spiro atoms. The Kier molecular flexibility index (Phi) is 10.3. The highest BCUT2D eigenvalue weighted by molar-refractivity contribution is 6.35. The first-order valence-electron chi connectivity index (χ1n) is 8.69. The van der Waals surface area contributed by atoms with Crippen LogP contribution in [0.5, 0.6) is 0 Å². The number of Topliss-reactive ketones (excluding diaryl/α,β-unsaturated/α-hetero) is 1. The third kappa shape index (κ3) is 8.26. The van der Waals surface area contributed by atoms with E-state index in [1.165, 1.54) is 0 Å². The third-order valence-corrected chi connectivity index (χ3v) is 4.64. The average molecular weight is 418 g/mol. The molecule has 0 aromatic heterocycles. The molecule has 0 fully saturated rings. The fourth-order valence-corrected chi connectivity index (χ4v) is 3.13. The second-order valence-electron chi connectivity index (χ2n) is 6.30. The van der Waals surface area contributed by atoms with Crippen molar-refractivity contribution in [3.05, 3.63) is 33.8 Å². The van der Waals surface area contributed by atoms with Gasteiger partial charge in [-0.2, -0.15) is 0 Å². The molecular formula is C18H25Cl2N3O4. The summed E-state index contributed by atoms with van der Waals surface area (Å²) in [6, 6.07) is 4.24. The fraction of sp³-hybridized carbons (Fsp3) is 0.500. The first-order valence-corrected chi connectivity index (χ1v) is 9.44. The van der Waals surface area contributed by atoms with E-state index in [9.17, 15) is 19.6 Å². The number of ketones is 1.